The zero-order valence-electron chi connectivity index (χ0n) is 36.3. The second-order valence-electron chi connectivity index (χ2n) is 15.9. The van der Waals surface area contributed by atoms with Crippen LogP contribution in [0.3, 0.4) is 0 Å². The molecule has 0 radical (unpaired) electrons. The number of allylic oxidation sites excluding steroid dienone is 9. The Bertz CT molecular complexity index is 938. The Hall–Kier alpha value is -1.95. The van der Waals surface area contributed by atoms with Crippen LogP contribution in [0.25, 0.3) is 0 Å². The van der Waals surface area contributed by atoms with Crippen molar-refractivity contribution in [2.24, 2.45) is 0 Å². The predicted molar refractivity (Wildman–Crippen MR) is 240 cm³/mol. The lowest BCUT2D eigenvalue weighted by molar-refractivity contribution is -0.131. The van der Waals surface area contributed by atoms with Gasteiger partial charge in [-0.1, -0.05) is 209 Å². The number of hydrogen-bond donors (Lipinski definition) is 4. The highest BCUT2D eigenvalue weighted by Crippen LogP contribution is 2.14. The van der Waals surface area contributed by atoms with Crippen molar-refractivity contribution in [3.8, 4) is 0 Å². The highest BCUT2D eigenvalue weighted by atomic mass is 16.3. The largest absolute Gasteiger partial charge is 0.394 e. The molecule has 0 aromatic rings. The molecule has 3 atom stereocenters. The number of carbonyl (C=O) groups excluding carboxylic acids is 1. The molecule has 0 rings (SSSR count). The van der Waals surface area contributed by atoms with Crippen molar-refractivity contribution in [2.45, 2.75) is 244 Å². The number of nitrogens with one attached hydrogen (secondary N) is 1. The third kappa shape index (κ3) is 40.1. The van der Waals surface area contributed by atoms with Crippen molar-refractivity contribution >= 4 is 5.91 Å². The first kappa shape index (κ1) is 53.0. The van der Waals surface area contributed by atoms with E-state index < -0.39 is 24.2 Å². The van der Waals surface area contributed by atoms with E-state index in [1.165, 1.54) is 154 Å². The molecular weight excluding hydrogens is 679 g/mol. The number of unbranched alkanes of at least 4 members (excludes halogenated alkanes) is 26. The average molecular weight is 770 g/mol. The van der Waals surface area contributed by atoms with Gasteiger partial charge in [-0.15, -0.1) is 0 Å². The van der Waals surface area contributed by atoms with Gasteiger partial charge in [0.2, 0.25) is 5.91 Å². The molecule has 4 N–H and O–H groups in total. The standard InChI is InChI=1S/C50H91NO4/c1-3-5-7-9-11-13-15-17-19-21-22-23-24-25-26-27-29-31-33-35-37-39-41-43-45-49(54)50(55)51-47(46-52)48(53)44-42-40-38-36-34-32-30-28-20-18-16-14-12-10-8-6-4-2/h20,22-23,25-26,28,34,36,42,44,47-49,52-54H,3-19,21,24,27,29-33,35,37-41,43,45-46H2,1-2H3,(H,51,55)/b23-22-,26-25-,28-20+,36-34+,44-42+. The Labute approximate surface area is 341 Å². The van der Waals surface area contributed by atoms with E-state index in [2.05, 4.69) is 67.8 Å². The summed E-state index contributed by atoms with van der Waals surface area (Å²) in [6.45, 7) is 4.16. The van der Waals surface area contributed by atoms with Gasteiger partial charge in [0, 0.05) is 0 Å². The highest BCUT2D eigenvalue weighted by Gasteiger charge is 2.22. The fourth-order valence-corrected chi connectivity index (χ4v) is 6.83. The molecular formula is C50H91NO4. The van der Waals surface area contributed by atoms with Crippen molar-refractivity contribution in [1.82, 2.24) is 5.32 Å². The summed E-state index contributed by atoms with van der Waals surface area (Å²) in [4.78, 5) is 12.5. The fraction of sp³-hybridized carbons (Fsp3) is 0.780. The van der Waals surface area contributed by atoms with Crippen LogP contribution in [0.2, 0.25) is 0 Å². The minimum absolute atomic E-state index is 0.385. The van der Waals surface area contributed by atoms with Crippen LogP contribution < -0.4 is 5.32 Å². The SMILES string of the molecule is CCCCCCCCC/C=C/CC/C=C/CC/C=C/C(O)C(CO)NC(=O)C(O)CCCCCCCCCC/C=C\C/C=C\CCCCCCCCCCC. The molecule has 1 amide bonds. The summed E-state index contributed by atoms with van der Waals surface area (Å²) in [5.41, 5.74) is 0. The number of rotatable bonds is 42. The van der Waals surface area contributed by atoms with E-state index in [9.17, 15) is 20.1 Å². The molecule has 5 nitrogen and oxygen atoms in total. The zero-order valence-corrected chi connectivity index (χ0v) is 36.3. The zero-order chi connectivity index (χ0) is 40.1. The maximum absolute atomic E-state index is 12.5. The van der Waals surface area contributed by atoms with E-state index >= 15 is 0 Å². The molecule has 0 spiro atoms. The van der Waals surface area contributed by atoms with Crippen LogP contribution in [0.1, 0.15) is 226 Å². The molecule has 0 heterocycles. The molecule has 0 saturated carbocycles. The maximum Gasteiger partial charge on any atom is 0.249 e. The molecule has 0 aliphatic heterocycles. The van der Waals surface area contributed by atoms with E-state index in [0.29, 0.717) is 6.42 Å². The van der Waals surface area contributed by atoms with Crippen LogP contribution >= 0.6 is 0 Å². The van der Waals surface area contributed by atoms with Gasteiger partial charge in [-0.25, -0.2) is 0 Å². The van der Waals surface area contributed by atoms with Crippen molar-refractivity contribution in [3.63, 3.8) is 0 Å². The molecule has 0 aliphatic rings. The maximum atomic E-state index is 12.5. The lowest BCUT2D eigenvalue weighted by Gasteiger charge is -2.21. The van der Waals surface area contributed by atoms with Crippen LogP contribution in [0, 0.1) is 0 Å². The fourth-order valence-electron chi connectivity index (χ4n) is 6.83. The number of aliphatic hydroxyl groups is 3. The lowest BCUT2D eigenvalue weighted by Crippen LogP contribution is -2.48. The molecule has 0 aromatic carbocycles. The number of hydrogen-bond acceptors (Lipinski definition) is 4. The Morgan fingerprint density at radius 3 is 1.22 bits per heavy atom. The molecule has 0 aliphatic carbocycles. The second kappa shape index (κ2) is 44.8. The monoisotopic (exact) mass is 770 g/mol. The van der Waals surface area contributed by atoms with Crippen molar-refractivity contribution in [1.29, 1.82) is 0 Å². The average Bonchev–Trinajstić information content (AvgIpc) is 3.19. The Morgan fingerprint density at radius 2 is 0.800 bits per heavy atom. The highest BCUT2D eigenvalue weighted by molar-refractivity contribution is 5.80. The molecule has 0 fully saturated rings. The van der Waals surface area contributed by atoms with E-state index in [0.717, 1.165) is 51.4 Å². The van der Waals surface area contributed by atoms with Crippen molar-refractivity contribution in [3.05, 3.63) is 60.8 Å². The van der Waals surface area contributed by atoms with Crippen LogP contribution in [0.4, 0.5) is 0 Å². The summed E-state index contributed by atoms with van der Waals surface area (Å²) in [5, 5.41) is 33.2. The third-order valence-corrected chi connectivity index (χ3v) is 10.6. The van der Waals surface area contributed by atoms with E-state index in [1.807, 2.05) is 6.08 Å². The molecule has 55 heavy (non-hydrogen) atoms. The van der Waals surface area contributed by atoms with Gasteiger partial charge in [-0.3, -0.25) is 4.79 Å². The molecule has 0 aromatic heterocycles. The second-order valence-corrected chi connectivity index (χ2v) is 15.9. The van der Waals surface area contributed by atoms with Gasteiger partial charge in [-0.2, -0.15) is 0 Å². The van der Waals surface area contributed by atoms with Gasteiger partial charge >= 0.3 is 0 Å². The summed E-state index contributed by atoms with van der Waals surface area (Å²) in [6, 6.07) is -0.826. The summed E-state index contributed by atoms with van der Waals surface area (Å²) >= 11 is 0. The summed E-state index contributed by atoms with van der Waals surface area (Å²) < 4.78 is 0. The summed E-state index contributed by atoms with van der Waals surface area (Å²) in [5.74, 6) is -0.523. The van der Waals surface area contributed by atoms with Gasteiger partial charge in [0.05, 0.1) is 18.8 Å². The Morgan fingerprint density at radius 1 is 0.455 bits per heavy atom. The van der Waals surface area contributed by atoms with Crippen LogP contribution in [-0.2, 0) is 4.79 Å². The first-order chi connectivity index (χ1) is 27.1. The van der Waals surface area contributed by atoms with Crippen LogP contribution in [0.15, 0.2) is 60.8 Å². The quantitative estimate of drug-likeness (QED) is 0.0368. The molecule has 320 valence electrons. The van der Waals surface area contributed by atoms with Gasteiger partial charge in [0.15, 0.2) is 0 Å². The number of carbonyl (C=O) groups is 1. The van der Waals surface area contributed by atoms with E-state index in [-0.39, 0.29) is 6.61 Å². The molecule has 0 bridgehead atoms. The Kier molecular flexibility index (Phi) is 43.2. The minimum atomic E-state index is -1.12. The minimum Gasteiger partial charge on any atom is -0.394 e. The third-order valence-electron chi connectivity index (χ3n) is 10.6. The first-order valence-corrected chi connectivity index (χ1v) is 23.6. The van der Waals surface area contributed by atoms with Crippen LogP contribution in [-0.4, -0.2) is 46.1 Å². The summed E-state index contributed by atoms with van der Waals surface area (Å²) in [7, 11) is 0. The summed E-state index contributed by atoms with van der Waals surface area (Å²) in [6.07, 6.45) is 59.7. The van der Waals surface area contributed by atoms with Gasteiger partial charge < -0.3 is 20.6 Å². The topological polar surface area (TPSA) is 89.8 Å². The molecule has 0 saturated heterocycles. The number of amides is 1. The van der Waals surface area contributed by atoms with Crippen LogP contribution in [0.5, 0.6) is 0 Å². The van der Waals surface area contributed by atoms with Gasteiger partial charge in [0.1, 0.15) is 6.10 Å². The van der Waals surface area contributed by atoms with E-state index in [4.69, 9.17) is 0 Å². The first-order valence-electron chi connectivity index (χ1n) is 23.6. The normalized spacial score (nSPS) is 14.1. The van der Waals surface area contributed by atoms with Gasteiger partial charge in [0.25, 0.3) is 0 Å². The lowest BCUT2D eigenvalue weighted by atomic mass is 10.0. The van der Waals surface area contributed by atoms with Crippen molar-refractivity contribution in [2.75, 3.05) is 6.61 Å². The van der Waals surface area contributed by atoms with Gasteiger partial charge in [-0.05, 0) is 77.0 Å². The van der Waals surface area contributed by atoms with E-state index in [1.54, 1.807) is 6.08 Å². The smallest absolute Gasteiger partial charge is 0.249 e. The van der Waals surface area contributed by atoms with Crippen molar-refractivity contribution < 1.29 is 20.1 Å². The Balaban J connectivity index is 3.73. The number of aliphatic hydroxyl groups excluding tert-OH is 3. The molecule has 3 unspecified atom stereocenters. The predicted octanol–water partition coefficient (Wildman–Crippen LogP) is 13.9. The molecule has 5 heteroatoms.